The van der Waals surface area contributed by atoms with Gasteiger partial charge in [0.1, 0.15) is 11.4 Å². The van der Waals surface area contributed by atoms with E-state index in [0.29, 0.717) is 34.6 Å². The van der Waals surface area contributed by atoms with Crippen LogP contribution < -0.4 is 5.32 Å². The number of hydrogen-bond donors (Lipinski definition) is 2. The second-order valence-electron chi connectivity index (χ2n) is 9.04. The zero-order valence-corrected chi connectivity index (χ0v) is 21.8. The number of benzene rings is 3. The number of alkyl halides is 6. The van der Waals surface area contributed by atoms with Crippen molar-refractivity contribution in [2.24, 2.45) is 0 Å². The highest BCUT2D eigenvalue weighted by atomic mass is 35.5. The molecule has 0 saturated heterocycles. The molecule has 0 aliphatic carbocycles. The van der Waals surface area contributed by atoms with Gasteiger partial charge in [0.05, 0.1) is 21.8 Å². The minimum absolute atomic E-state index is 0.0473. The van der Waals surface area contributed by atoms with E-state index in [0.717, 1.165) is 5.56 Å². The van der Waals surface area contributed by atoms with E-state index in [9.17, 15) is 36.2 Å². The van der Waals surface area contributed by atoms with Gasteiger partial charge in [0.25, 0.3) is 5.91 Å². The molecule has 0 saturated carbocycles. The van der Waals surface area contributed by atoms with Gasteiger partial charge in [-0.05, 0) is 72.3 Å². The van der Waals surface area contributed by atoms with Crippen LogP contribution >= 0.6 is 11.6 Å². The van der Waals surface area contributed by atoms with Gasteiger partial charge in [-0.15, -0.1) is 0 Å². The summed E-state index contributed by atoms with van der Waals surface area (Å²) in [5.41, 5.74) is -1.01. The van der Waals surface area contributed by atoms with Crippen molar-refractivity contribution in [3.63, 3.8) is 0 Å². The van der Waals surface area contributed by atoms with Gasteiger partial charge in [-0.25, -0.2) is 4.68 Å². The molecule has 0 aliphatic rings. The Morgan fingerprint density at radius 3 is 2.12 bits per heavy atom. The summed E-state index contributed by atoms with van der Waals surface area (Å²) in [6.45, 7) is 0. The Bertz CT molecular complexity index is 1750. The first-order valence-electron chi connectivity index (χ1n) is 12.0. The number of pyridine rings is 1. The van der Waals surface area contributed by atoms with Crippen LogP contribution in [0.3, 0.4) is 0 Å². The average Bonchev–Trinajstić information content (AvgIpc) is 3.40. The summed E-state index contributed by atoms with van der Waals surface area (Å²) in [6, 6.07) is 14.8. The number of amides is 1. The minimum atomic E-state index is -5.09. The van der Waals surface area contributed by atoms with Crippen molar-refractivity contribution in [3.8, 4) is 33.8 Å². The maximum Gasteiger partial charge on any atom is 0.416 e. The lowest BCUT2D eigenvalue weighted by atomic mass is 10.0. The largest absolute Gasteiger partial charge is 0.506 e. The molecule has 214 valence electrons. The molecule has 3 aromatic carbocycles. The van der Waals surface area contributed by atoms with Crippen LogP contribution in [0.2, 0.25) is 5.02 Å². The molecular formula is C29H17ClF6N4O2. The third-order valence-electron chi connectivity index (χ3n) is 6.15. The summed E-state index contributed by atoms with van der Waals surface area (Å²) in [6.07, 6.45) is -5.32. The van der Waals surface area contributed by atoms with Gasteiger partial charge in [0.15, 0.2) is 0 Å². The van der Waals surface area contributed by atoms with Crippen LogP contribution in [0.25, 0.3) is 28.1 Å². The highest BCUT2D eigenvalue weighted by Crippen LogP contribution is 2.37. The van der Waals surface area contributed by atoms with Crippen molar-refractivity contribution < 1.29 is 36.2 Å². The van der Waals surface area contributed by atoms with Crippen molar-refractivity contribution in [1.29, 1.82) is 0 Å². The molecular weight excluding hydrogens is 586 g/mol. The Kier molecular flexibility index (Phi) is 7.42. The topological polar surface area (TPSA) is 80.0 Å². The number of rotatable bonds is 5. The van der Waals surface area contributed by atoms with E-state index in [1.165, 1.54) is 35.0 Å². The number of hydrogen-bond acceptors (Lipinski definition) is 4. The molecule has 2 heterocycles. The number of phenols is 1. The first-order valence-corrected chi connectivity index (χ1v) is 12.4. The summed E-state index contributed by atoms with van der Waals surface area (Å²) in [4.78, 5) is 16.8. The van der Waals surface area contributed by atoms with E-state index in [1.807, 2.05) is 0 Å². The number of nitrogens with one attached hydrogen (secondary N) is 1. The molecule has 42 heavy (non-hydrogen) atoms. The molecule has 0 bridgehead atoms. The predicted octanol–water partition coefficient (Wildman–Crippen LogP) is 8.25. The minimum Gasteiger partial charge on any atom is -0.506 e. The van der Waals surface area contributed by atoms with Gasteiger partial charge in [-0.1, -0.05) is 17.7 Å². The van der Waals surface area contributed by atoms with Crippen LogP contribution in [0.15, 0.2) is 91.4 Å². The zero-order valence-electron chi connectivity index (χ0n) is 21.0. The van der Waals surface area contributed by atoms with Crippen LogP contribution in [-0.2, 0) is 12.4 Å². The fourth-order valence-electron chi connectivity index (χ4n) is 4.13. The van der Waals surface area contributed by atoms with Gasteiger partial charge in [-0.3, -0.25) is 9.78 Å². The van der Waals surface area contributed by atoms with Crippen LogP contribution in [0, 0.1) is 0 Å². The maximum atomic E-state index is 13.3. The summed E-state index contributed by atoms with van der Waals surface area (Å²) in [5, 5.41) is 17.0. The van der Waals surface area contributed by atoms with E-state index < -0.39 is 35.0 Å². The molecule has 1 amide bonds. The van der Waals surface area contributed by atoms with Crippen LogP contribution in [0.5, 0.6) is 5.75 Å². The van der Waals surface area contributed by atoms with E-state index in [4.69, 9.17) is 11.6 Å². The lowest BCUT2D eigenvalue weighted by Gasteiger charge is -2.14. The molecule has 13 heteroatoms. The van der Waals surface area contributed by atoms with E-state index in [2.05, 4.69) is 15.4 Å². The van der Waals surface area contributed by atoms with E-state index >= 15 is 0 Å². The van der Waals surface area contributed by atoms with E-state index in [-0.39, 0.29) is 22.5 Å². The number of anilines is 1. The third-order valence-corrected chi connectivity index (χ3v) is 6.45. The number of carbonyl (C=O) groups excluding carboxylic acids is 1. The summed E-state index contributed by atoms with van der Waals surface area (Å²) >= 11 is 6.12. The quantitative estimate of drug-likeness (QED) is 0.199. The first-order chi connectivity index (χ1) is 19.8. The third kappa shape index (κ3) is 6.08. The first kappa shape index (κ1) is 28.7. The van der Waals surface area contributed by atoms with Gasteiger partial charge < -0.3 is 10.4 Å². The number of aromatic hydroxyl groups is 1. The predicted molar refractivity (Wildman–Crippen MR) is 143 cm³/mol. The zero-order chi connectivity index (χ0) is 30.2. The molecule has 6 nitrogen and oxygen atoms in total. The van der Waals surface area contributed by atoms with Crippen LogP contribution in [-0.4, -0.2) is 25.8 Å². The fourth-order valence-corrected chi connectivity index (χ4v) is 4.31. The Labute approximate surface area is 238 Å². The number of carbonyl (C=O) groups is 1. The highest BCUT2D eigenvalue weighted by Gasteiger charge is 2.37. The molecule has 0 spiro atoms. The molecule has 0 fully saturated rings. The lowest BCUT2D eigenvalue weighted by Crippen LogP contribution is -2.17. The average molecular weight is 603 g/mol. The van der Waals surface area contributed by atoms with Gasteiger partial charge in [-0.2, -0.15) is 31.4 Å². The smallest absolute Gasteiger partial charge is 0.416 e. The molecule has 2 aromatic heterocycles. The molecule has 0 atom stereocenters. The molecule has 2 N–H and O–H groups in total. The summed E-state index contributed by atoms with van der Waals surface area (Å²) < 4.78 is 81.0. The lowest BCUT2D eigenvalue weighted by molar-refractivity contribution is -0.143. The number of nitrogens with zero attached hydrogens (tertiary/aromatic N) is 3. The molecule has 5 rings (SSSR count). The van der Waals surface area contributed by atoms with Crippen molar-refractivity contribution in [2.75, 3.05) is 5.32 Å². The maximum absolute atomic E-state index is 13.3. The van der Waals surface area contributed by atoms with Crippen molar-refractivity contribution >= 4 is 23.2 Å². The van der Waals surface area contributed by atoms with Crippen LogP contribution in [0.1, 0.15) is 21.5 Å². The van der Waals surface area contributed by atoms with Crippen molar-refractivity contribution in [2.45, 2.75) is 12.4 Å². The monoisotopic (exact) mass is 602 g/mol. The van der Waals surface area contributed by atoms with E-state index in [1.54, 1.807) is 42.9 Å². The molecule has 0 aliphatic heterocycles. The number of aromatic nitrogens is 3. The summed E-state index contributed by atoms with van der Waals surface area (Å²) in [7, 11) is 0. The Morgan fingerprint density at radius 1 is 0.833 bits per heavy atom. The second-order valence-corrected chi connectivity index (χ2v) is 9.44. The molecule has 5 aromatic rings. The highest BCUT2D eigenvalue weighted by molar-refractivity contribution is 6.32. The van der Waals surface area contributed by atoms with Gasteiger partial charge in [0.2, 0.25) is 0 Å². The normalized spacial score (nSPS) is 11.9. The van der Waals surface area contributed by atoms with Crippen LogP contribution in [0.4, 0.5) is 32.0 Å². The Hall–Kier alpha value is -4.84. The van der Waals surface area contributed by atoms with Crippen molar-refractivity contribution in [1.82, 2.24) is 14.8 Å². The van der Waals surface area contributed by atoms with Gasteiger partial charge in [0, 0.05) is 41.0 Å². The summed E-state index contributed by atoms with van der Waals surface area (Å²) in [5.74, 6) is -1.28. The fraction of sp³-hybridized carbons (Fsp3) is 0.0690. The SMILES string of the molecule is O=C(Nc1cccc(-n2cc(-c3ccncc3)c(-c3ccc(O)c(Cl)c3)n2)c1)c1cc(C(F)(F)F)cc(C(F)(F)F)c1. The second kappa shape index (κ2) is 10.9. The standard InChI is InChI=1S/C29H17ClF6N4O2/c30-24-12-17(4-5-25(24)41)26-23(16-6-8-37-9-7-16)15-40(39-26)22-3-1-2-21(14-22)38-27(42)18-10-19(28(31,32)33)13-20(11-18)29(34,35)36/h1-15,41H,(H,38,42). The number of phenolic OH excluding ortho intramolecular Hbond substituents is 1. The molecule has 0 unspecified atom stereocenters. The van der Waals surface area contributed by atoms with Crippen molar-refractivity contribution in [3.05, 3.63) is 113 Å². The van der Waals surface area contributed by atoms with Gasteiger partial charge >= 0.3 is 12.4 Å². The number of halogens is 7. The Balaban J connectivity index is 1.51. The Morgan fingerprint density at radius 2 is 1.50 bits per heavy atom. The molecule has 0 radical (unpaired) electrons.